The molecule has 3 heteroatoms. The molecule has 1 rings (SSSR count). The zero-order valence-electron chi connectivity index (χ0n) is 11.1. The highest BCUT2D eigenvalue weighted by molar-refractivity contribution is 5.74. The molecular weight excluding hydrogens is 216 g/mol. The number of benzene rings is 1. The summed E-state index contributed by atoms with van der Waals surface area (Å²) >= 11 is 0. The molecule has 0 aliphatic rings. The second-order valence-electron chi connectivity index (χ2n) is 4.63. The molecule has 0 saturated heterocycles. The minimum Gasteiger partial charge on any atom is -0.496 e. The predicted molar refractivity (Wildman–Crippen MR) is 67.6 cm³/mol. The molecule has 0 aromatic heterocycles. The summed E-state index contributed by atoms with van der Waals surface area (Å²) in [6, 6.07) is 5.50. The molecule has 0 fully saturated rings. The second kappa shape index (κ2) is 5.71. The highest BCUT2D eigenvalue weighted by Crippen LogP contribution is 2.30. The Bertz CT molecular complexity index is 394. The summed E-state index contributed by atoms with van der Waals surface area (Å²) in [6.07, 6.45) is 0. The van der Waals surface area contributed by atoms with Gasteiger partial charge in [0.2, 0.25) is 0 Å². The van der Waals surface area contributed by atoms with E-state index in [4.69, 9.17) is 9.47 Å². The van der Waals surface area contributed by atoms with E-state index in [1.54, 1.807) is 19.2 Å². The minimum absolute atomic E-state index is 0.134. The Morgan fingerprint density at radius 1 is 1.18 bits per heavy atom. The third kappa shape index (κ3) is 3.48. The zero-order chi connectivity index (χ0) is 13.0. The number of hydrogen-bond donors (Lipinski definition) is 0. The van der Waals surface area contributed by atoms with Crippen LogP contribution in [0.3, 0.4) is 0 Å². The van der Waals surface area contributed by atoms with Gasteiger partial charge in [-0.05, 0) is 17.5 Å². The standard InChI is InChI=1S/C14H20O3/c1-9(2)12-7-6-11(8-13(12)16-5)17-14(15)10(3)4/h6-10H,1-5H3. The Kier molecular flexibility index (Phi) is 4.55. The van der Waals surface area contributed by atoms with Crippen LogP contribution in [0.25, 0.3) is 0 Å². The summed E-state index contributed by atoms with van der Waals surface area (Å²) in [7, 11) is 1.62. The highest BCUT2D eigenvalue weighted by atomic mass is 16.5. The van der Waals surface area contributed by atoms with Gasteiger partial charge in [-0.2, -0.15) is 0 Å². The van der Waals surface area contributed by atoms with E-state index in [1.807, 2.05) is 19.9 Å². The summed E-state index contributed by atoms with van der Waals surface area (Å²) in [6.45, 7) is 7.80. The molecule has 0 N–H and O–H groups in total. The lowest BCUT2D eigenvalue weighted by atomic mass is 10.0. The van der Waals surface area contributed by atoms with E-state index >= 15 is 0 Å². The van der Waals surface area contributed by atoms with Gasteiger partial charge in [0.1, 0.15) is 11.5 Å². The van der Waals surface area contributed by atoms with Crippen LogP contribution in [0.4, 0.5) is 0 Å². The quantitative estimate of drug-likeness (QED) is 0.594. The SMILES string of the molecule is COc1cc(OC(=O)C(C)C)ccc1C(C)C. The van der Waals surface area contributed by atoms with E-state index in [9.17, 15) is 4.79 Å². The fourth-order valence-corrected chi connectivity index (χ4v) is 1.47. The van der Waals surface area contributed by atoms with Crippen LogP contribution < -0.4 is 9.47 Å². The molecule has 0 bridgehead atoms. The molecule has 0 saturated carbocycles. The van der Waals surface area contributed by atoms with Gasteiger partial charge < -0.3 is 9.47 Å². The van der Waals surface area contributed by atoms with Crippen LogP contribution in [0.1, 0.15) is 39.2 Å². The molecule has 94 valence electrons. The molecular formula is C14H20O3. The number of hydrogen-bond acceptors (Lipinski definition) is 3. The monoisotopic (exact) mass is 236 g/mol. The molecule has 0 radical (unpaired) electrons. The maximum absolute atomic E-state index is 11.5. The fourth-order valence-electron chi connectivity index (χ4n) is 1.47. The molecule has 0 aliphatic carbocycles. The van der Waals surface area contributed by atoms with Gasteiger partial charge in [0, 0.05) is 6.07 Å². The van der Waals surface area contributed by atoms with Crippen LogP contribution in [0, 0.1) is 5.92 Å². The molecule has 1 aromatic rings. The van der Waals surface area contributed by atoms with Crippen molar-refractivity contribution in [3.05, 3.63) is 23.8 Å². The van der Waals surface area contributed by atoms with Crippen molar-refractivity contribution in [1.29, 1.82) is 0 Å². The number of carbonyl (C=O) groups excluding carboxylic acids is 1. The lowest BCUT2D eigenvalue weighted by Gasteiger charge is -2.13. The Morgan fingerprint density at radius 2 is 1.82 bits per heavy atom. The Hall–Kier alpha value is -1.51. The van der Waals surface area contributed by atoms with Gasteiger partial charge >= 0.3 is 5.97 Å². The molecule has 0 atom stereocenters. The number of rotatable bonds is 4. The third-order valence-electron chi connectivity index (χ3n) is 2.52. The largest absolute Gasteiger partial charge is 0.496 e. The topological polar surface area (TPSA) is 35.5 Å². The molecule has 17 heavy (non-hydrogen) atoms. The van der Waals surface area contributed by atoms with Crippen LogP contribution in [-0.2, 0) is 4.79 Å². The second-order valence-corrected chi connectivity index (χ2v) is 4.63. The first kappa shape index (κ1) is 13.6. The van der Waals surface area contributed by atoms with E-state index in [1.165, 1.54) is 0 Å². The van der Waals surface area contributed by atoms with Crippen LogP contribution in [0.15, 0.2) is 18.2 Å². The van der Waals surface area contributed by atoms with Gasteiger partial charge in [-0.1, -0.05) is 33.8 Å². The van der Waals surface area contributed by atoms with Gasteiger partial charge in [0.05, 0.1) is 13.0 Å². The number of ether oxygens (including phenoxy) is 2. The fraction of sp³-hybridized carbons (Fsp3) is 0.500. The highest BCUT2D eigenvalue weighted by Gasteiger charge is 2.13. The van der Waals surface area contributed by atoms with Crippen molar-refractivity contribution in [3.63, 3.8) is 0 Å². The van der Waals surface area contributed by atoms with Crippen molar-refractivity contribution in [2.24, 2.45) is 5.92 Å². The molecule has 3 nitrogen and oxygen atoms in total. The molecule has 1 aromatic carbocycles. The number of esters is 1. The Balaban J connectivity index is 2.94. The van der Waals surface area contributed by atoms with E-state index < -0.39 is 0 Å². The smallest absolute Gasteiger partial charge is 0.313 e. The summed E-state index contributed by atoms with van der Waals surface area (Å²) < 4.78 is 10.5. The summed E-state index contributed by atoms with van der Waals surface area (Å²) in [5, 5.41) is 0. The van der Waals surface area contributed by atoms with Gasteiger partial charge in [-0.25, -0.2) is 0 Å². The summed E-state index contributed by atoms with van der Waals surface area (Å²) in [5.41, 5.74) is 1.11. The van der Waals surface area contributed by atoms with Gasteiger partial charge in [-0.15, -0.1) is 0 Å². The molecule has 0 amide bonds. The third-order valence-corrected chi connectivity index (χ3v) is 2.52. The molecule has 0 aliphatic heterocycles. The van der Waals surface area contributed by atoms with E-state index in [-0.39, 0.29) is 11.9 Å². The van der Waals surface area contributed by atoms with E-state index in [2.05, 4.69) is 13.8 Å². The van der Waals surface area contributed by atoms with E-state index in [0.29, 0.717) is 11.7 Å². The maximum Gasteiger partial charge on any atom is 0.313 e. The van der Waals surface area contributed by atoms with Crippen molar-refractivity contribution in [1.82, 2.24) is 0 Å². The van der Waals surface area contributed by atoms with Crippen LogP contribution in [0.5, 0.6) is 11.5 Å². The predicted octanol–water partition coefficient (Wildman–Crippen LogP) is 3.38. The van der Waals surface area contributed by atoms with Gasteiger partial charge in [-0.3, -0.25) is 4.79 Å². The van der Waals surface area contributed by atoms with Crippen molar-refractivity contribution >= 4 is 5.97 Å². The van der Waals surface area contributed by atoms with Crippen molar-refractivity contribution < 1.29 is 14.3 Å². The lowest BCUT2D eigenvalue weighted by molar-refractivity contribution is -0.137. The number of methoxy groups -OCH3 is 1. The first-order valence-corrected chi connectivity index (χ1v) is 5.85. The Labute approximate surface area is 103 Å². The van der Waals surface area contributed by atoms with Gasteiger partial charge in [0.15, 0.2) is 0 Å². The summed E-state index contributed by atoms with van der Waals surface area (Å²) in [5.74, 6) is 1.30. The van der Waals surface area contributed by atoms with Crippen LogP contribution >= 0.6 is 0 Å². The van der Waals surface area contributed by atoms with Crippen molar-refractivity contribution in [2.75, 3.05) is 7.11 Å². The molecule has 0 spiro atoms. The average Bonchev–Trinajstić information content (AvgIpc) is 2.28. The minimum atomic E-state index is -0.232. The first-order chi connectivity index (χ1) is 7.95. The van der Waals surface area contributed by atoms with Crippen LogP contribution in [-0.4, -0.2) is 13.1 Å². The van der Waals surface area contributed by atoms with Crippen molar-refractivity contribution in [3.8, 4) is 11.5 Å². The molecule has 0 heterocycles. The normalized spacial score (nSPS) is 10.8. The van der Waals surface area contributed by atoms with Gasteiger partial charge in [0.25, 0.3) is 0 Å². The van der Waals surface area contributed by atoms with Crippen molar-refractivity contribution in [2.45, 2.75) is 33.6 Å². The van der Waals surface area contributed by atoms with E-state index in [0.717, 1.165) is 11.3 Å². The molecule has 0 unspecified atom stereocenters. The summed E-state index contributed by atoms with van der Waals surface area (Å²) in [4.78, 5) is 11.5. The first-order valence-electron chi connectivity index (χ1n) is 5.85. The maximum atomic E-state index is 11.5. The Morgan fingerprint density at radius 3 is 2.29 bits per heavy atom. The lowest BCUT2D eigenvalue weighted by Crippen LogP contribution is -2.14. The average molecular weight is 236 g/mol. The number of carbonyl (C=O) groups is 1. The van der Waals surface area contributed by atoms with Crippen LogP contribution in [0.2, 0.25) is 0 Å². The zero-order valence-corrected chi connectivity index (χ0v) is 11.1.